The minimum absolute atomic E-state index is 0.346. The minimum atomic E-state index is -0.355. The van der Waals surface area contributed by atoms with Gasteiger partial charge in [0.05, 0.1) is 33.5 Å². The highest BCUT2D eigenvalue weighted by atomic mass is 16.2. The van der Waals surface area contributed by atoms with Crippen LogP contribution >= 0.6 is 0 Å². The number of imide groups is 1. The standard InChI is InChI=1S/C56H36N2O2/c59-55-49-31-17-33-51(52(49)56(60)58(55)53-44(39-22-9-3-10-23-39)27-15-28-45(53)40-24-11-4-12-25-40)57-50-32-14-13-26-47(50)48-30-16-29-46(54(48)57)43-35-41(37-18-5-1-6-19-37)34-42(36-43)38-20-7-2-8-21-38/h1-36H. The van der Waals surface area contributed by atoms with Gasteiger partial charge in [-0.1, -0.05) is 182 Å². The molecule has 4 heteroatoms. The van der Waals surface area contributed by atoms with E-state index in [1.165, 1.54) is 4.90 Å². The second-order valence-electron chi connectivity index (χ2n) is 15.2. The van der Waals surface area contributed by atoms with Gasteiger partial charge in [-0.05, 0) is 75.3 Å². The third kappa shape index (κ3) is 5.69. The van der Waals surface area contributed by atoms with Crippen molar-refractivity contribution in [2.75, 3.05) is 4.90 Å². The normalized spacial score (nSPS) is 12.4. The maximum absolute atomic E-state index is 15.4. The Labute approximate surface area is 347 Å². The number of hydrogen-bond acceptors (Lipinski definition) is 2. The zero-order chi connectivity index (χ0) is 40.2. The summed E-state index contributed by atoms with van der Waals surface area (Å²) >= 11 is 0. The van der Waals surface area contributed by atoms with E-state index in [2.05, 4.69) is 108 Å². The summed E-state index contributed by atoms with van der Waals surface area (Å²) in [6, 6.07) is 74.1. The van der Waals surface area contributed by atoms with E-state index in [-0.39, 0.29) is 11.8 Å². The van der Waals surface area contributed by atoms with Crippen molar-refractivity contribution in [1.82, 2.24) is 4.57 Å². The lowest BCUT2D eigenvalue weighted by Gasteiger charge is -2.23. The Morgan fingerprint density at radius 2 is 0.767 bits per heavy atom. The molecule has 1 aliphatic heterocycles. The molecule has 2 amide bonds. The Bertz CT molecular complexity index is 3160. The quantitative estimate of drug-likeness (QED) is 0.152. The molecule has 10 aromatic rings. The summed E-state index contributed by atoms with van der Waals surface area (Å²) < 4.78 is 2.20. The Morgan fingerprint density at radius 1 is 0.317 bits per heavy atom. The summed E-state index contributed by atoms with van der Waals surface area (Å²) in [6.45, 7) is 0. The highest BCUT2D eigenvalue weighted by molar-refractivity contribution is 6.37. The number of aromatic nitrogens is 1. The van der Waals surface area contributed by atoms with E-state index in [1.54, 1.807) is 6.07 Å². The smallest absolute Gasteiger partial charge is 0.268 e. The molecule has 0 saturated heterocycles. The molecule has 0 N–H and O–H groups in total. The fourth-order valence-corrected chi connectivity index (χ4v) is 9.02. The molecule has 0 radical (unpaired) electrons. The average Bonchev–Trinajstić information content (AvgIpc) is 3.80. The van der Waals surface area contributed by atoms with Gasteiger partial charge in [-0.15, -0.1) is 0 Å². The van der Waals surface area contributed by atoms with Gasteiger partial charge in [0.2, 0.25) is 0 Å². The summed E-state index contributed by atoms with van der Waals surface area (Å²) in [6.07, 6.45) is 0. The van der Waals surface area contributed by atoms with E-state index in [9.17, 15) is 4.79 Å². The first-order valence-corrected chi connectivity index (χ1v) is 20.2. The van der Waals surface area contributed by atoms with Gasteiger partial charge in [0.25, 0.3) is 11.8 Å². The van der Waals surface area contributed by atoms with Crippen molar-refractivity contribution < 1.29 is 9.59 Å². The van der Waals surface area contributed by atoms with Crippen LogP contribution in [-0.4, -0.2) is 16.4 Å². The Balaban J connectivity index is 1.16. The highest BCUT2D eigenvalue weighted by Gasteiger charge is 2.41. The first-order chi connectivity index (χ1) is 29.6. The molecule has 4 nitrogen and oxygen atoms in total. The predicted octanol–water partition coefficient (Wildman–Crippen LogP) is 13.9. The molecule has 2 heterocycles. The van der Waals surface area contributed by atoms with E-state index in [1.807, 2.05) is 109 Å². The van der Waals surface area contributed by atoms with Gasteiger partial charge in [-0.3, -0.25) is 9.59 Å². The SMILES string of the molecule is O=C1c2cccc(-n3c4ccccc4c4cccc(-c5cc(-c6ccccc6)cc(-c6ccccc6)c5)c43)c2C(=O)N1c1c(-c2ccccc2)cccc1-c1ccccc1. The maximum Gasteiger partial charge on any atom is 0.268 e. The van der Waals surface area contributed by atoms with Gasteiger partial charge < -0.3 is 4.57 Å². The fraction of sp³-hybridized carbons (Fsp3) is 0. The molecule has 0 aliphatic carbocycles. The fourth-order valence-electron chi connectivity index (χ4n) is 9.02. The van der Waals surface area contributed by atoms with E-state index in [0.29, 0.717) is 22.5 Å². The van der Waals surface area contributed by atoms with Crippen LogP contribution < -0.4 is 4.90 Å². The number of hydrogen-bond donors (Lipinski definition) is 0. The predicted molar refractivity (Wildman–Crippen MR) is 246 cm³/mol. The number of amides is 2. The highest BCUT2D eigenvalue weighted by Crippen LogP contribution is 2.46. The third-order valence-electron chi connectivity index (χ3n) is 11.7. The van der Waals surface area contributed by atoms with Crippen molar-refractivity contribution in [3.8, 4) is 61.3 Å². The second kappa shape index (κ2) is 14.4. The largest absolute Gasteiger partial charge is 0.308 e. The molecule has 0 spiro atoms. The number of benzene rings is 9. The first-order valence-electron chi connectivity index (χ1n) is 20.2. The van der Waals surface area contributed by atoms with Crippen molar-refractivity contribution in [2.24, 2.45) is 0 Å². The van der Waals surface area contributed by atoms with E-state index >= 15 is 4.79 Å². The van der Waals surface area contributed by atoms with E-state index < -0.39 is 0 Å². The number of carbonyl (C=O) groups excluding carboxylic acids is 2. The van der Waals surface area contributed by atoms with Crippen molar-refractivity contribution in [1.29, 1.82) is 0 Å². The van der Waals surface area contributed by atoms with Crippen molar-refractivity contribution in [3.05, 3.63) is 230 Å². The van der Waals surface area contributed by atoms with Gasteiger partial charge >= 0.3 is 0 Å². The number of fused-ring (bicyclic) bond motifs is 4. The molecule has 1 aliphatic rings. The molecule has 60 heavy (non-hydrogen) atoms. The molecule has 0 fully saturated rings. The summed E-state index contributed by atoms with van der Waals surface area (Å²) in [7, 11) is 0. The summed E-state index contributed by atoms with van der Waals surface area (Å²) in [5.41, 5.74) is 13.9. The van der Waals surface area contributed by atoms with Crippen LogP contribution in [0.3, 0.4) is 0 Å². The van der Waals surface area contributed by atoms with Gasteiger partial charge in [-0.2, -0.15) is 0 Å². The van der Waals surface area contributed by atoms with Gasteiger partial charge in [-0.25, -0.2) is 4.90 Å². The van der Waals surface area contributed by atoms with Crippen LogP contribution in [0.5, 0.6) is 0 Å². The van der Waals surface area contributed by atoms with Crippen LogP contribution in [0.2, 0.25) is 0 Å². The monoisotopic (exact) mass is 768 g/mol. The van der Waals surface area contributed by atoms with Crippen LogP contribution in [0.25, 0.3) is 83.1 Å². The maximum atomic E-state index is 15.4. The van der Waals surface area contributed by atoms with Crippen LogP contribution in [0.15, 0.2) is 218 Å². The summed E-state index contributed by atoms with van der Waals surface area (Å²) in [4.78, 5) is 31.8. The zero-order valence-electron chi connectivity index (χ0n) is 32.5. The van der Waals surface area contributed by atoms with Gasteiger partial charge in [0.1, 0.15) is 0 Å². The van der Waals surface area contributed by atoms with Crippen LogP contribution in [0, 0.1) is 0 Å². The number of carbonyl (C=O) groups is 2. The molecule has 1 aromatic heterocycles. The van der Waals surface area contributed by atoms with E-state index in [4.69, 9.17) is 0 Å². The Hall–Kier alpha value is -8.08. The summed E-state index contributed by atoms with van der Waals surface area (Å²) in [5.74, 6) is -0.700. The minimum Gasteiger partial charge on any atom is -0.308 e. The number of anilines is 1. The third-order valence-corrected chi connectivity index (χ3v) is 11.7. The first kappa shape index (κ1) is 35.1. The molecule has 0 unspecified atom stereocenters. The lowest BCUT2D eigenvalue weighted by Crippen LogP contribution is -2.30. The molecule has 282 valence electrons. The molecular weight excluding hydrogens is 733 g/mol. The van der Waals surface area contributed by atoms with Crippen LogP contribution in [-0.2, 0) is 0 Å². The number of rotatable bonds is 7. The summed E-state index contributed by atoms with van der Waals surface area (Å²) in [5, 5.41) is 2.12. The number of para-hydroxylation sites is 3. The van der Waals surface area contributed by atoms with Crippen molar-refractivity contribution >= 4 is 39.3 Å². The van der Waals surface area contributed by atoms with Crippen LogP contribution in [0.1, 0.15) is 20.7 Å². The van der Waals surface area contributed by atoms with Gasteiger partial charge in [0, 0.05) is 27.5 Å². The molecule has 0 saturated carbocycles. The Kier molecular flexibility index (Phi) is 8.42. The number of nitrogens with zero attached hydrogens (tertiary/aromatic N) is 2. The molecule has 9 aromatic carbocycles. The molecule has 0 bridgehead atoms. The van der Waals surface area contributed by atoms with Crippen molar-refractivity contribution in [3.63, 3.8) is 0 Å². The molecule has 0 atom stereocenters. The zero-order valence-corrected chi connectivity index (χ0v) is 32.5. The molecular formula is C56H36N2O2. The Morgan fingerprint density at radius 3 is 1.37 bits per heavy atom. The lowest BCUT2D eigenvalue weighted by molar-refractivity contribution is 0.0926. The molecule has 11 rings (SSSR count). The second-order valence-corrected chi connectivity index (χ2v) is 15.2. The van der Waals surface area contributed by atoms with Crippen LogP contribution in [0.4, 0.5) is 5.69 Å². The topological polar surface area (TPSA) is 42.3 Å². The van der Waals surface area contributed by atoms with Crippen molar-refractivity contribution in [2.45, 2.75) is 0 Å². The van der Waals surface area contributed by atoms with Gasteiger partial charge in [0.15, 0.2) is 0 Å². The lowest BCUT2D eigenvalue weighted by atomic mass is 9.92. The van der Waals surface area contributed by atoms with E-state index in [0.717, 1.165) is 77.4 Å². The average molecular weight is 769 g/mol.